The summed E-state index contributed by atoms with van der Waals surface area (Å²) in [6.07, 6.45) is 1.94. The first-order valence-corrected chi connectivity index (χ1v) is 8.72. The second kappa shape index (κ2) is 5.76. The van der Waals surface area contributed by atoms with Gasteiger partial charge < -0.3 is 11.5 Å². The fraction of sp³-hybridized carbons (Fsp3) is 0.158. The molecule has 2 aromatic heterocycles. The lowest BCUT2D eigenvalue weighted by atomic mass is 10.00. The first kappa shape index (κ1) is 14.9. The summed E-state index contributed by atoms with van der Waals surface area (Å²) in [5, 5.41) is 3.55. The molecule has 0 saturated heterocycles. The van der Waals surface area contributed by atoms with E-state index in [9.17, 15) is 0 Å². The van der Waals surface area contributed by atoms with Gasteiger partial charge in [-0.25, -0.2) is 4.98 Å². The summed E-state index contributed by atoms with van der Waals surface area (Å²) < 4.78 is 0. The molecule has 4 nitrogen and oxygen atoms in total. The van der Waals surface area contributed by atoms with E-state index in [2.05, 4.69) is 59.4 Å². The minimum Gasteiger partial charge on any atom is -0.383 e. The Morgan fingerprint density at radius 1 is 0.958 bits per heavy atom. The quantitative estimate of drug-likeness (QED) is 0.591. The highest BCUT2D eigenvalue weighted by atomic mass is 32.1. The molecule has 0 spiro atoms. The second-order valence-corrected chi connectivity index (χ2v) is 7.02. The van der Waals surface area contributed by atoms with Crippen LogP contribution in [0.4, 0.5) is 11.8 Å². The van der Waals surface area contributed by atoms with Gasteiger partial charge in [0.2, 0.25) is 5.95 Å². The lowest BCUT2D eigenvalue weighted by Crippen LogP contribution is -1.99. The number of hydrogen-bond acceptors (Lipinski definition) is 5. The Labute approximate surface area is 144 Å². The van der Waals surface area contributed by atoms with Gasteiger partial charge in [-0.1, -0.05) is 42.5 Å². The van der Waals surface area contributed by atoms with Crippen LogP contribution in [0.25, 0.3) is 21.0 Å². The van der Waals surface area contributed by atoms with E-state index in [-0.39, 0.29) is 5.95 Å². The lowest BCUT2D eigenvalue weighted by molar-refractivity contribution is 0.983. The second-order valence-electron chi connectivity index (χ2n) is 5.94. The molecular weight excluding hydrogens is 316 g/mol. The summed E-state index contributed by atoms with van der Waals surface area (Å²) in [5.41, 5.74) is 14.3. The number of aryl methyl sites for hydroxylation is 3. The molecule has 0 amide bonds. The third-order valence-electron chi connectivity index (χ3n) is 4.44. The Kier molecular flexibility index (Phi) is 3.58. The van der Waals surface area contributed by atoms with Crippen molar-refractivity contribution < 1.29 is 0 Å². The van der Waals surface area contributed by atoms with Crippen LogP contribution in [0.5, 0.6) is 0 Å². The molecule has 0 radical (unpaired) electrons. The average Bonchev–Trinajstić information content (AvgIpc) is 2.88. The van der Waals surface area contributed by atoms with E-state index in [1.54, 1.807) is 11.3 Å². The predicted molar refractivity (Wildman–Crippen MR) is 102 cm³/mol. The van der Waals surface area contributed by atoms with Gasteiger partial charge in [-0.15, -0.1) is 11.3 Å². The van der Waals surface area contributed by atoms with Crippen molar-refractivity contribution in [3.05, 3.63) is 58.5 Å². The molecule has 0 aliphatic rings. The molecule has 2 aromatic carbocycles. The third kappa shape index (κ3) is 2.47. The van der Waals surface area contributed by atoms with Gasteiger partial charge in [0.15, 0.2) is 0 Å². The maximum Gasteiger partial charge on any atom is 0.223 e. The van der Waals surface area contributed by atoms with Crippen LogP contribution < -0.4 is 11.5 Å². The molecule has 24 heavy (non-hydrogen) atoms. The Balaban J connectivity index is 1.70. The number of aromatic nitrogens is 2. The maximum atomic E-state index is 6.03. The summed E-state index contributed by atoms with van der Waals surface area (Å²) >= 11 is 1.67. The first-order chi connectivity index (χ1) is 11.6. The van der Waals surface area contributed by atoms with Crippen molar-refractivity contribution >= 4 is 44.1 Å². The highest BCUT2D eigenvalue weighted by molar-refractivity contribution is 7.19. The van der Waals surface area contributed by atoms with E-state index in [0.717, 1.165) is 23.1 Å². The van der Waals surface area contributed by atoms with Crippen molar-refractivity contribution in [2.24, 2.45) is 0 Å². The maximum absolute atomic E-state index is 6.03. The zero-order valence-electron chi connectivity index (χ0n) is 13.4. The molecule has 0 unspecified atom stereocenters. The van der Waals surface area contributed by atoms with E-state index in [1.807, 2.05) is 0 Å². The first-order valence-electron chi connectivity index (χ1n) is 7.91. The van der Waals surface area contributed by atoms with Crippen LogP contribution in [0, 0.1) is 6.92 Å². The number of benzene rings is 2. The molecule has 2 heterocycles. The van der Waals surface area contributed by atoms with E-state index >= 15 is 0 Å². The number of hydrogen-bond donors (Lipinski definition) is 2. The molecular formula is C19H18N4S. The van der Waals surface area contributed by atoms with Gasteiger partial charge in [0.05, 0.1) is 5.39 Å². The highest BCUT2D eigenvalue weighted by Crippen LogP contribution is 2.34. The molecule has 0 atom stereocenters. The Bertz CT molecular complexity index is 1050. The van der Waals surface area contributed by atoms with Crippen LogP contribution in [0.3, 0.4) is 0 Å². The molecule has 0 fully saturated rings. The van der Waals surface area contributed by atoms with Crippen molar-refractivity contribution in [2.45, 2.75) is 19.8 Å². The molecule has 0 aliphatic heterocycles. The highest BCUT2D eigenvalue weighted by Gasteiger charge is 2.14. The smallest absolute Gasteiger partial charge is 0.223 e. The standard InChI is InChI=1S/C19H18N4S/c1-11-15(24-18-16(11)17(20)22-19(21)23-18)10-9-13-7-4-6-12-5-2-3-8-14(12)13/h2-8H,9-10H2,1H3,(H4,20,21,22,23). The Morgan fingerprint density at radius 2 is 1.75 bits per heavy atom. The van der Waals surface area contributed by atoms with Crippen LogP contribution in [0.15, 0.2) is 42.5 Å². The van der Waals surface area contributed by atoms with E-state index in [0.29, 0.717) is 5.82 Å². The topological polar surface area (TPSA) is 77.8 Å². The van der Waals surface area contributed by atoms with Crippen molar-refractivity contribution in [3.8, 4) is 0 Å². The van der Waals surface area contributed by atoms with Crippen LogP contribution >= 0.6 is 11.3 Å². The molecule has 4 aromatic rings. The summed E-state index contributed by atoms with van der Waals surface area (Å²) in [6, 6.07) is 15.0. The number of fused-ring (bicyclic) bond motifs is 2. The van der Waals surface area contributed by atoms with Gasteiger partial charge in [0, 0.05) is 4.88 Å². The fourth-order valence-electron chi connectivity index (χ4n) is 3.23. The van der Waals surface area contributed by atoms with Crippen LogP contribution in [-0.4, -0.2) is 9.97 Å². The molecule has 0 saturated carbocycles. The summed E-state index contributed by atoms with van der Waals surface area (Å²) in [5.74, 6) is 0.713. The van der Waals surface area contributed by atoms with Gasteiger partial charge in [0.1, 0.15) is 10.6 Å². The van der Waals surface area contributed by atoms with E-state index < -0.39 is 0 Å². The number of nitrogens with zero attached hydrogens (tertiary/aromatic N) is 2. The van der Waals surface area contributed by atoms with Gasteiger partial charge in [0.25, 0.3) is 0 Å². The monoisotopic (exact) mass is 334 g/mol. The van der Waals surface area contributed by atoms with E-state index in [4.69, 9.17) is 11.5 Å². The van der Waals surface area contributed by atoms with Crippen molar-refractivity contribution in [1.29, 1.82) is 0 Å². The lowest BCUT2D eigenvalue weighted by Gasteiger charge is -2.06. The third-order valence-corrected chi connectivity index (χ3v) is 5.68. The number of anilines is 2. The molecule has 0 aliphatic carbocycles. The Hall–Kier alpha value is -2.66. The normalized spacial score (nSPS) is 11.4. The van der Waals surface area contributed by atoms with Gasteiger partial charge in [-0.3, -0.25) is 0 Å². The molecule has 4 rings (SSSR count). The van der Waals surface area contributed by atoms with Crippen LogP contribution in [-0.2, 0) is 12.8 Å². The molecule has 4 N–H and O–H groups in total. The van der Waals surface area contributed by atoms with Crippen molar-refractivity contribution in [1.82, 2.24) is 9.97 Å². The van der Waals surface area contributed by atoms with Gasteiger partial charge in [-0.2, -0.15) is 4.98 Å². The molecule has 5 heteroatoms. The number of nitrogen functional groups attached to an aromatic ring is 2. The van der Waals surface area contributed by atoms with Crippen molar-refractivity contribution in [3.63, 3.8) is 0 Å². The average molecular weight is 334 g/mol. The summed E-state index contributed by atoms with van der Waals surface area (Å²) in [6.45, 7) is 2.09. The zero-order valence-corrected chi connectivity index (χ0v) is 14.2. The van der Waals surface area contributed by atoms with Crippen LogP contribution in [0.2, 0.25) is 0 Å². The fourth-order valence-corrected chi connectivity index (χ4v) is 4.42. The summed E-state index contributed by atoms with van der Waals surface area (Å²) in [4.78, 5) is 10.6. The molecule has 120 valence electrons. The van der Waals surface area contributed by atoms with Crippen molar-refractivity contribution in [2.75, 3.05) is 11.5 Å². The molecule has 0 bridgehead atoms. The number of nitrogens with two attached hydrogens (primary N) is 2. The largest absolute Gasteiger partial charge is 0.383 e. The van der Waals surface area contributed by atoms with E-state index in [1.165, 1.54) is 26.8 Å². The van der Waals surface area contributed by atoms with Gasteiger partial charge in [-0.05, 0) is 41.7 Å². The summed E-state index contributed by atoms with van der Waals surface area (Å²) in [7, 11) is 0. The van der Waals surface area contributed by atoms with Gasteiger partial charge >= 0.3 is 0 Å². The Morgan fingerprint density at radius 3 is 2.62 bits per heavy atom. The number of thiophene rings is 1. The number of rotatable bonds is 3. The van der Waals surface area contributed by atoms with Crippen LogP contribution in [0.1, 0.15) is 16.0 Å². The SMILES string of the molecule is Cc1c(CCc2cccc3ccccc23)sc2nc(N)nc(N)c12. The minimum absolute atomic E-state index is 0.238. The predicted octanol–water partition coefficient (Wildman–Crippen LogP) is 4.10. The zero-order chi connectivity index (χ0) is 16.7. The minimum atomic E-state index is 0.238.